The van der Waals surface area contributed by atoms with E-state index in [0.29, 0.717) is 39.0 Å². The Balaban J connectivity index is 2.83. The number of nitrogens with one attached hydrogen (secondary N) is 1. The quantitative estimate of drug-likeness (QED) is 0.249. The number of hydrogen-bond acceptors (Lipinski definition) is 7. The van der Waals surface area contributed by atoms with Crippen LogP contribution in [0.1, 0.15) is 12.0 Å². The van der Waals surface area contributed by atoms with Gasteiger partial charge in [0.25, 0.3) is 5.69 Å². The van der Waals surface area contributed by atoms with E-state index in [1.165, 1.54) is 12.1 Å². The summed E-state index contributed by atoms with van der Waals surface area (Å²) in [5, 5.41) is 17.0. The monoisotopic (exact) mass is 295 g/mol. The molecule has 0 heterocycles. The molecule has 0 aliphatic rings. The third kappa shape index (κ3) is 5.18. The maximum absolute atomic E-state index is 11.3. The molecule has 0 bridgehead atoms. The number of non-ortho nitro benzene ring substituents is 1. The van der Waals surface area contributed by atoms with Gasteiger partial charge in [-0.3, -0.25) is 10.1 Å². The fourth-order valence-electron chi connectivity index (χ4n) is 2.16. The van der Waals surface area contributed by atoms with Crippen molar-refractivity contribution in [2.75, 3.05) is 26.2 Å². The molecule has 1 aromatic carbocycles. The zero-order chi connectivity index (χ0) is 15.7. The molecule has 0 saturated heterocycles. The number of hydrogen-bond donors (Lipinski definition) is 3. The minimum atomic E-state index is -0.861. The second kappa shape index (κ2) is 8.40. The van der Waals surface area contributed by atoms with Gasteiger partial charge >= 0.3 is 0 Å². The van der Waals surface area contributed by atoms with E-state index < -0.39 is 10.5 Å². The van der Waals surface area contributed by atoms with Crippen molar-refractivity contribution in [3.8, 4) is 0 Å². The Kier molecular flexibility index (Phi) is 6.86. The number of nitro benzene ring substituents is 1. The summed E-state index contributed by atoms with van der Waals surface area (Å²) in [6, 6.07) is 6.11. The van der Waals surface area contributed by atoms with Crippen LogP contribution in [0.15, 0.2) is 29.4 Å². The van der Waals surface area contributed by atoms with Gasteiger partial charge in [0.2, 0.25) is 0 Å². The zero-order valence-electron chi connectivity index (χ0n) is 11.8. The van der Waals surface area contributed by atoms with E-state index in [2.05, 4.69) is 10.5 Å². The van der Waals surface area contributed by atoms with Crippen LogP contribution in [-0.2, 0) is 6.42 Å². The van der Waals surface area contributed by atoms with Crippen LogP contribution in [0.5, 0.6) is 0 Å². The standard InChI is InChI=1S/C13H21N5O3/c14-6-5-13(17-19,10-16-8-7-15)9-11-1-3-12(4-2-11)18(20)21/h1-4,16H,5-10,14-15H2. The van der Waals surface area contributed by atoms with Gasteiger partial charge in [-0.05, 0) is 18.5 Å². The summed E-state index contributed by atoms with van der Waals surface area (Å²) in [5.41, 5.74) is 10.9. The van der Waals surface area contributed by atoms with Crippen LogP contribution in [0.4, 0.5) is 5.69 Å². The number of nitrogens with two attached hydrogens (primary N) is 2. The van der Waals surface area contributed by atoms with Crippen molar-refractivity contribution in [1.29, 1.82) is 0 Å². The molecule has 1 unspecified atom stereocenters. The van der Waals surface area contributed by atoms with Gasteiger partial charge in [0, 0.05) is 38.2 Å². The van der Waals surface area contributed by atoms with E-state index in [-0.39, 0.29) is 5.69 Å². The number of nitroso groups, excluding NO2 is 1. The number of nitrogens with zero attached hydrogens (tertiary/aromatic N) is 2. The normalized spacial score (nSPS) is 13.6. The minimum Gasteiger partial charge on any atom is -0.330 e. The van der Waals surface area contributed by atoms with Crippen LogP contribution in [0.25, 0.3) is 0 Å². The fourth-order valence-corrected chi connectivity index (χ4v) is 2.16. The van der Waals surface area contributed by atoms with Crippen molar-refractivity contribution in [1.82, 2.24) is 5.32 Å². The lowest BCUT2D eigenvalue weighted by atomic mass is 9.88. The van der Waals surface area contributed by atoms with E-state index in [9.17, 15) is 15.0 Å². The number of nitro groups is 1. The number of rotatable bonds is 10. The van der Waals surface area contributed by atoms with Gasteiger partial charge in [-0.2, -0.15) is 4.91 Å². The molecular formula is C13H21N5O3. The largest absolute Gasteiger partial charge is 0.330 e. The van der Waals surface area contributed by atoms with Gasteiger partial charge < -0.3 is 16.8 Å². The first-order valence-corrected chi connectivity index (χ1v) is 6.75. The van der Waals surface area contributed by atoms with Crippen LogP contribution < -0.4 is 16.8 Å². The van der Waals surface area contributed by atoms with E-state index in [4.69, 9.17) is 11.5 Å². The highest BCUT2D eigenvalue weighted by Gasteiger charge is 2.31. The highest BCUT2D eigenvalue weighted by molar-refractivity contribution is 5.33. The summed E-state index contributed by atoms with van der Waals surface area (Å²) in [5.74, 6) is 0. The molecule has 0 spiro atoms. The van der Waals surface area contributed by atoms with Crippen molar-refractivity contribution >= 4 is 5.69 Å². The van der Waals surface area contributed by atoms with Gasteiger partial charge in [0.1, 0.15) is 5.54 Å². The molecule has 0 radical (unpaired) electrons. The Labute approximate surface area is 123 Å². The summed E-state index contributed by atoms with van der Waals surface area (Å²) < 4.78 is 0. The maximum Gasteiger partial charge on any atom is 0.269 e. The average Bonchev–Trinajstić information content (AvgIpc) is 2.48. The Morgan fingerprint density at radius 3 is 2.38 bits per heavy atom. The lowest BCUT2D eigenvalue weighted by molar-refractivity contribution is -0.384. The van der Waals surface area contributed by atoms with Crippen molar-refractivity contribution in [3.05, 3.63) is 44.9 Å². The highest BCUT2D eigenvalue weighted by atomic mass is 16.6. The molecule has 0 fully saturated rings. The van der Waals surface area contributed by atoms with E-state index >= 15 is 0 Å². The molecule has 0 aliphatic carbocycles. The predicted molar refractivity (Wildman–Crippen MR) is 80.9 cm³/mol. The van der Waals surface area contributed by atoms with Crippen LogP contribution in [0.3, 0.4) is 0 Å². The molecule has 8 nitrogen and oxygen atoms in total. The summed E-state index contributed by atoms with van der Waals surface area (Å²) >= 11 is 0. The Hall–Kier alpha value is -1.90. The maximum atomic E-state index is 11.3. The molecule has 5 N–H and O–H groups in total. The molecule has 0 saturated carbocycles. The van der Waals surface area contributed by atoms with E-state index in [0.717, 1.165) is 5.56 Å². The lowest BCUT2D eigenvalue weighted by Gasteiger charge is -2.26. The van der Waals surface area contributed by atoms with Gasteiger partial charge in [-0.25, -0.2) is 0 Å². The summed E-state index contributed by atoms with van der Waals surface area (Å²) in [4.78, 5) is 21.5. The topological polar surface area (TPSA) is 137 Å². The van der Waals surface area contributed by atoms with Crippen molar-refractivity contribution in [2.45, 2.75) is 18.4 Å². The van der Waals surface area contributed by atoms with Crippen LogP contribution in [0, 0.1) is 15.0 Å². The zero-order valence-corrected chi connectivity index (χ0v) is 11.8. The molecule has 0 aliphatic heterocycles. The van der Waals surface area contributed by atoms with Crippen molar-refractivity contribution < 1.29 is 4.92 Å². The molecule has 8 heteroatoms. The Morgan fingerprint density at radius 1 is 1.24 bits per heavy atom. The van der Waals surface area contributed by atoms with Crippen LogP contribution in [-0.4, -0.2) is 36.6 Å². The smallest absolute Gasteiger partial charge is 0.269 e. The fraction of sp³-hybridized carbons (Fsp3) is 0.538. The predicted octanol–water partition coefficient (Wildman–Crippen LogP) is 0.540. The first-order valence-electron chi connectivity index (χ1n) is 6.75. The average molecular weight is 295 g/mol. The molecule has 0 amide bonds. The SMILES string of the molecule is NCCNCC(CCN)(Cc1ccc([N+](=O)[O-])cc1)N=O. The first kappa shape index (κ1) is 17.2. The molecule has 0 aromatic heterocycles. The molecule has 21 heavy (non-hydrogen) atoms. The molecule has 1 rings (SSSR count). The molecular weight excluding hydrogens is 274 g/mol. The number of benzene rings is 1. The van der Waals surface area contributed by atoms with E-state index in [1.54, 1.807) is 12.1 Å². The highest BCUT2D eigenvalue weighted by Crippen LogP contribution is 2.22. The molecule has 1 atom stereocenters. The Bertz CT molecular complexity index is 465. The minimum absolute atomic E-state index is 0.0171. The Morgan fingerprint density at radius 2 is 1.90 bits per heavy atom. The van der Waals surface area contributed by atoms with Crippen LogP contribution in [0.2, 0.25) is 0 Å². The molecule has 1 aromatic rings. The third-order valence-corrected chi connectivity index (χ3v) is 3.26. The van der Waals surface area contributed by atoms with Gasteiger partial charge in [-0.1, -0.05) is 17.3 Å². The van der Waals surface area contributed by atoms with Crippen molar-refractivity contribution in [2.24, 2.45) is 16.6 Å². The van der Waals surface area contributed by atoms with E-state index in [1.807, 2.05) is 0 Å². The third-order valence-electron chi connectivity index (χ3n) is 3.26. The summed E-state index contributed by atoms with van der Waals surface area (Å²) in [6.45, 7) is 1.77. The van der Waals surface area contributed by atoms with Gasteiger partial charge in [0.05, 0.1) is 4.92 Å². The lowest BCUT2D eigenvalue weighted by Crippen LogP contribution is -2.43. The van der Waals surface area contributed by atoms with Gasteiger partial charge in [0.15, 0.2) is 0 Å². The summed E-state index contributed by atoms with van der Waals surface area (Å²) in [7, 11) is 0. The second-order valence-electron chi connectivity index (χ2n) is 4.92. The van der Waals surface area contributed by atoms with Crippen molar-refractivity contribution in [3.63, 3.8) is 0 Å². The first-order chi connectivity index (χ1) is 10.1. The van der Waals surface area contributed by atoms with Crippen LogP contribution >= 0.6 is 0 Å². The van der Waals surface area contributed by atoms with Gasteiger partial charge in [-0.15, -0.1) is 0 Å². The molecule has 116 valence electrons. The summed E-state index contributed by atoms with van der Waals surface area (Å²) in [6.07, 6.45) is 0.814. The second-order valence-corrected chi connectivity index (χ2v) is 4.92.